The molecule has 1 aliphatic rings. The molecule has 0 saturated carbocycles. The van der Waals surface area contributed by atoms with E-state index in [4.69, 9.17) is 9.05 Å². The average molecular weight is 270 g/mol. The maximum absolute atomic E-state index is 12.6. The summed E-state index contributed by atoms with van der Waals surface area (Å²) in [6, 6.07) is 0. The molecule has 1 rings (SSSR count). The summed E-state index contributed by atoms with van der Waals surface area (Å²) in [4.78, 5) is 0. The van der Waals surface area contributed by atoms with Gasteiger partial charge in [-0.05, 0) is 38.7 Å². The summed E-state index contributed by atoms with van der Waals surface area (Å²) in [5.41, 5.74) is 0. The van der Waals surface area contributed by atoms with Gasteiger partial charge < -0.3 is 9.05 Å². The molecule has 0 aliphatic carbocycles. The van der Waals surface area contributed by atoms with E-state index in [0.29, 0.717) is 13.2 Å². The molecule has 0 N–H and O–H groups in total. The molecule has 0 bridgehead atoms. The molecule has 0 spiro atoms. The van der Waals surface area contributed by atoms with Gasteiger partial charge in [0, 0.05) is 0 Å². The second-order valence-corrected chi connectivity index (χ2v) is 9.58. The van der Waals surface area contributed by atoms with Gasteiger partial charge in [-0.3, -0.25) is 4.57 Å². The quantitative estimate of drug-likeness (QED) is 0.710. The molecule has 15 heavy (non-hydrogen) atoms. The highest BCUT2D eigenvalue weighted by Gasteiger charge is 2.49. The van der Waals surface area contributed by atoms with Crippen LogP contribution in [-0.4, -0.2) is 28.5 Å². The highest BCUT2D eigenvalue weighted by molar-refractivity contribution is 8.25. The van der Waals surface area contributed by atoms with Gasteiger partial charge in [0.2, 0.25) is 0 Å². The molecule has 0 amide bonds. The average Bonchev–Trinajstić information content (AvgIpc) is 2.19. The first-order chi connectivity index (χ1) is 7.08. The second kappa shape index (κ2) is 5.97. The summed E-state index contributed by atoms with van der Waals surface area (Å²) in [7, 11) is -2.98. The number of rotatable bonds is 5. The maximum Gasteiger partial charge on any atom is 0.356 e. The highest BCUT2D eigenvalue weighted by atomic mass is 32.2. The third kappa shape index (κ3) is 3.16. The van der Waals surface area contributed by atoms with Crippen molar-refractivity contribution in [2.45, 2.75) is 31.0 Å². The third-order valence-corrected chi connectivity index (χ3v) is 9.20. The molecule has 1 fully saturated rings. The van der Waals surface area contributed by atoms with Crippen molar-refractivity contribution in [3.05, 3.63) is 0 Å². The van der Waals surface area contributed by atoms with E-state index in [0.717, 1.165) is 11.5 Å². The lowest BCUT2D eigenvalue weighted by atomic mass is 10.6. The zero-order chi connectivity index (χ0) is 11.4. The summed E-state index contributed by atoms with van der Waals surface area (Å²) in [5.74, 6) is 2.07. The first kappa shape index (κ1) is 13.9. The maximum atomic E-state index is 12.6. The molecule has 0 aromatic carbocycles. The minimum absolute atomic E-state index is 0.419. The summed E-state index contributed by atoms with van der Waals surface area (Å²) in [6.07, 6.45) is 1.17. The molecule has 0 atom stereocenters. The summed E-state index contributed by atoms with van der Waals surface area (Å²) < 4.78 is 23.0. The summed E-state index contributed by atoms with van der Waals surface area (Å²) in [6.45, 7) is 6.57. The molecule has 3 nitrogen and oxygen atoms in total. The fourth-order valence-electron chi connectivity index (χ4n) is 1.39. The minimum Gasteiger partial charge on any atom is -0.307 e. The van der Waals surface area contributed by atoms with E-state index in [1.165, 1.54) is 6.42 Å². The van der Waals surface area contributed by atoms with Crippen LogP contribution >= 0.6 is 31.1 Å². The van der Waals surface area contributed by atoms with Gasteiger partial charge in [-0.15, -0.1) is 23.5 Å². The van der Waals surface area contributed by atoms with Gasteiger partial charge in [0.05, 0.1) is 13.2 Å². The van der Waals surface area contributed by atoms with Crippen molar-refractivity contribution < 1.29 is 13.6 Å². The van der Waals surface area contributed by atoms with Crippen LogP contribution in [0, 0.1) is 0 Å². The van der Waals surface area contributed by atoms with Crippen LogP contribution in [0.3, 0.4) is 0 Å². The monoisotopic (exact) mass is 270 g/mol. The van der Waals surface area contributed by atoms with E-state index < -0.39 is 11.4 Å². The van der Waals surface area contributed by atoms with Crippen molar-refractivity contribution >= 4 is 31.1 Å². The summed E-state index contributed by atoms with van der Waals surface area (Å²) in [5, 5.41) is 0. The van der Waals surface area contributed by atoms with Gasteiger partial charge in [0.15, 0.2) is 3.82 Å². The molecular weight excluding hydrogens is 251 g/mol. The lowest BCUT2D eigenvalue weighted by Gasteiger charge is -2.37. The Labute approximate surface area is 101 Å². The Morgan fingerprint density at radius 2 is 1.67 bits per heavy atom. The molecular formula is C9H19O3PS2. The molecule has 0 unspecified atom stereocenters. The minimum atomic E-state index is -2.98. The Hall–Kier alpha value is 0.850. The van der Waals surface area contributed by atoms with E-state index in [9.17, 15) is 4.57 Å². The fraction of sp³-hybridized carbons (Fsp3) is 1.00. The molecule has 1 aliphatic heterocycles. The predicted octanol–water partition coefficient (Wildman–Crippen LogP) is 3.80. The van der Waals surface area contributed by atoms with Crippen LogP contribution in [0.4, 0.5) is 0 Å². The zero-order valence-corrected chi connectivity index (χ0v) is 12.1. The second-order valence-electron chi connectivity index (χ2n) is 3.28. The molecule has 0 aromatic rings. The van der Waals surface area contributed by atoms with E-state index >= 15 is 0 Å². The molecule has 6 heteroatoms. The van der Waals surface area contributed by atoms with Crippen LogP contribution in [-0.2, 0) is 13.6 Å². The van der Waals surface area contributed by atoms with Crippen LogP contribution in [0.25, 0.3) is 0 Å². The van der Waals surface area contributed by atoms with Crippen molar-refractivity contribution in [1.29, 1.82) is 0 Å². The molecule has 0 radical (unpaired) electrons. The first-order valence-corrected chi connectivity index (χ1v) is 8.76. The van der Waals surface area contributed by atoms with Crippen LogP contribution in [0.2, 0.25) is 0 Å². The van der Waals surface area contributed by atoms with Gasteiger partial charge in [-0.2, -0.15) is 0 Å². The molecule has 1 saturated heterocycles. The van der Waals surface area contributed by atoms with E-state index in [1.54, 1.807) is 23.5 Å². The van der Waals surface area contributed by atoms with E-state index in [2.05, 4.69) is 0 Å². The van der Waals surface area contributed by atoms with Crippen LogP contribution in [0.15, 0.2) is 0 Å². The van der Waals surface area contributed by atoms with Gasteiger partial charge in [0.1, 0.15) is 0 Å². The van der Waals surface area contributed by atoms with Crippen molar-refractivity contribution in [2.75, 3.05) is 24.7 Å². The Kier molecular flexibility index (Phi) is 5.53. The zero-order valence-electron chi connectivity index (χ0n) is 9.52. The van der Waals surface area contributed by atoms with Gasteiger partial charge in [-0.25, -0.2) is 0 Å². The molecule has 0 aromatic heterocycles. The topological polar surface area (TPSA) is 35.5 Å². The highest BCUT2D eigenvalue weighted by Crippen LogP contribution is 2.70. The number of hydrogen-bond acceptors (Lipinski definition) is 5. The lowest BCUT2D eigenvalue weighted by molar-refractivity contribution is 0.217. The largest absolute Gasteiger partial charge is 0.356 e. The van der Waals surface area contributed by atoms with E-state index in [-0.39, 0.29) is 0 Å². The molecule has 1 heterocycles. The van der Waals surface area contributed by atoms with Crippen molar-refractivity contribution in [2.24, 2.45) is 0 Å². The normalized spacial score (nSPS) is 21.5. The predicted molar refractivity (Wildman–Crippen MR) is 68.8 cm³/mol. The summed E-state index contributed by atoms with van der Waals surface area (Å²) >= 11 is 3.40. The Balaban J connectivity index is 2.80. The Morgan fingerprint density at radius 1 is 1.20 bits per heavy atom. The molecule has 90 valence electrons. The fourth-order valence-corrected chi connectivity index (χ4v) is 7.41. The SMILES string of the molecule is CCOP(=O)(OCC)C1(C)SCCCS1. The number of thioether (sulfide) groups is 2. The Bertz CT molecular complexity index is 232. The lowest BCUT2D eigenvalue weighted by Crippen LogP contribution is -2.24. The van der Waals surface area contributed by atoms with E-state index in [1.807, 2.05) is 20.8 Å². The van der Waals surface area contributed by atoms with Gasteiger partial charge in [-0.1, -0.05) is 0 Å². The van der Waals surface area contributed by atoms with Crippen molar-refractivity contribution in [1.82, 2.24) is 0 Å². The van der Waals surface area contributed by atoms with Crippen LogP contribution in [0.5, 0.6) is 0 Å². The smallest absolute Gasteiger partial charge is 0.307 e. The van der Waals surface area contributed by atoms with Gasteiger partial charge in [0.25, 0.3) is 0 Å². The standard InChI is InChI=1S/C9H19O3PS2/c1-4-11-13(10,12-5-2)9(3)14-7-6-8-15-9/h4-8H2,1-3H3. The van der Waals surface area contributed by atoms with Crippen molar-refractivity contribution in [3.63, 3.8) is 0 Å². The third-order valence-electron chi connectivity index (χ3n) is 2.12. The van der Waals surface area contributed by atoms with Crippen LogP contribution < -0.4 is 0 Å². The van der Waals surface area contributed by atoms with Crippen molar-refractivity contribution in [3.8, 4) is 0 Å². The van der Waals surface area contributed by atoms with Crippen LogP contribution in [0.1, 0.15) is 27.2 Å². The number of hydrogen-bond donors (Lipinski definition) is 0. The van der Waals surface area contributed by atoms with Gasteiger partial charge >= 0.3 is 7.60 Å². The first-order valence-electron chi connectivity index (χ1n) is 5.25. The Morgan fingerprint density at radius 3 is 2.07 bits per heavy atom.